The number of amides is 1. The van der Waals surface area contributed by atoms with E-state index >= 15 is 0 Å². The lowest BCUT2D eigenvalue weighted by Crippen LogP contribution is -2.37. The van der Waals surface area contributed by atoms with Crippen molar-refractivity contribution in [2.75, 3.05) is 25.5 Å². The van der Waals surface area contributed by atoms with Crippen LogP contribution in [0, 0.1) is 5.92 Å². The van der Waals surface area contributed by atoms with Crippen molar-refractivity contribution in [3.05, 3.63) is 48.3 Å². The van der Waals surface area contributed by atoms with Gasteiger partial charge in [-0.2, -0.15) is 0 Å². The summed E-state index contributed by atoms with van der Waals surface area (Å²) in [6.45, 7) is 2.10. The van der Waals surface area contributed by atoms with Crippen molar-refractivity contribution in [3.8, 4) is 11.5 Å². The number of anilines is 1. The van der Waals surface area contributed by atoms with Crippen LogP contribution in [0.4, 0.5) is 5.69 Å². The highest BCUT2D eigenvalue weighted by molar-refractivity contribution is 5.93. The standard InChI is InChI=1S/C19H23N3O3.2ClH/c1-24-17-7-6-16(22-19(23)15-5-3-9-21-12-15)10-18(17)25-13-14-4-2-8-20-11-14;;/h2,4,6-8,10-11,15,21H,3,5,9,12-13H2,1H3,(H,22,23);2*1H. The molecule has 1 aromatic carbocycles. The zero-order chi connectivity index (χ0) is 17.5. The number of nitrogens with zero attached hydrogens (tertiary/aromatic N) is 1. The first-order valence-corrected chi connectivity index (χ1v) is 8.47. The van der Waals surface area contributed by atoms with Gasteiger partial charge in [-0.05, 0) is 37.6 Å². The third-order valence-corrected chi connectivity index (χ3v) is 4.22. The Balaban J connectivity index is 0.00000182. The number of methoxy groups -OCH3 is 1. The molecule has 0 bridgehead atoms. The fourth-order valence-electron chi connectivity index (χ4n) is 2.83. The fraction of sp³-hybridized carbons (Fsp3) is 0.368. The van der Waals surface area contributed by atoms with Crippen molar-refractivity contribution in [1.29, 1.82) is 0 Å². The topological polar surface area (TPSA) is 72.5 Å². The molecule has 1 atom stereocenters. The Morgan fingerprint density at radius 3 is 2.81 bits per heavy atom. The van der Waals surface area contributed by atoms with Gasteiger partial charge in [-0.15, -0.1) is 24.8 Å². The number of pyridine rings is 1. The van der Waals surface area contributed by atoms with E-state index in [1.165, 1.54) is 0 Å². The van der Waals surface area contributed by atoms with Crippen molar-refractivity contribution in [2.24, 2.45) is 5.92 Å². The van der Waals surface area contributed by atoms with E-state index in [0.29, 0.717) is 23.8 Å². The van der Waals surface area contributed by atoms with Gasteiger partial charge < -0.3 is 20.1 Å². The predicted octanol–water partition coefficient (Wildman–Crippen LogP) is 3.45. The first-order chi connectivity index (χ1) is 12.3. The van der Waals surface area contributed by atoms with Gasteiger partial charge in [0, 0.05) is 36.3 Å². The summed E-state index contributed by atoms with van der Waals surface area (Å²) in [6.07, 6.45) is 5.42. The maximum Gasteiger partial charge on any atom is 0.228 e. The maximum absolute atomic E-state index is 12.4. The molecule has 1 aliphatic heterocycles. The van der Waals surface area contributed by atoms with Crippen molar-refractivity contribution in [2.45, 2.75) is 19.4 Å². The zero-order valence-electron chi connectivity index (χ0n) is 15.1. The molecule has 1 amide bonds. The molecule has 2 N–H and O–H groups in total. The molecule has 0 aliphatic carbocycles. The van der Waals surface area contributed by atoms with Gasteiger partial charge >= 0.3 is 0 Å². The fourth-order valence-corrected chi connectivity index (χ4v) is 2.83. The molecular weight excluding hydrogens is 389 g/mol. The van der Waals surface area contributed by atoms with Crippen LogP contribution in [0.2, 0.25) is 0 Å². The van der Waals surface area contributed by atoms with E-state index < -0.39 is 0 Å². The van der Waals surface area contributed by atoms with Gasteiger partial charge in [0.15, 0.2) is 11.5 Å². The van der Waals surface area contributed by atoms with Crippen molar-refractivity contribution < 1.29 is 14.3 Å². The predicted molar refractivity (Wildman–Crippen MR) is 110 cm³/mol. The zero-order valence-corrected chi connectivity index (χ0v) is 16.8. The Bertz CT molecular complexity index is 711. The summed E-state index contributed by atoms with van der Waals surface area (Å²) in [6, 6.07) is 9.23. The second-order valence-corrected chi connectivity index (χ2v) is 6.05. The second-order valence-electron chi connectivity index (χ2n) is 6.05. The molecular formula is C19H25Cl2N3O3. The largest absolute Gasteiger partial charge is 0.493 e. The quantitative estimate of drug-likeness (QED) is 0.758. The number of nitrogens with one attached hydrogen (secondary N) is 2. The van der Waals surface area contributed by atoms with Crippen molar-refractivity contribution in [1.82, 2.24) is 10.3 Å². The summed E-state index contributed by atoms with van der Waals surface area (Å²) in [5.74, 6) is 1.26. The number of benzene rings is 1. The van der Waals surface area contributed by atoms with E-state index in [1.807, 2.05) is 18.2 Å². The molecule has 1 aliphatic rings. The van der Waals surface area contributed by atoms with E-state index in [2.05, 4.69) is 15.6 Å². The molecule has 2 heterocycles. The highest BCUT2D eigenvalue weighted by atomic mass is 35.5. The number of hydrogen-bond acceptors (Lipinski definition) is 5. The van der Waals surface area contributed by atoms with E-state index in [4.69, 9.17) is 9.47 Å². The monoisotopic (exact) mass is 413 g/mol. The number of carbonyl (C=O) groups excluding carboxylic acids is 1. The first-order valence-electron chi connectivity index (χ1n) is 8.47. The van der Waals surface area contributed by atoms with E-state index in [9.17, 15) is 4.79 Å². The lowest BCUT2D eigenvalue weighted by Gasteiger charge is -2.22. The highest BCUT2D eigenvalue weighted by Gasteiger charge is 2.21. The number of rotatable bonds is 6. The minimum Gasteiger partial charge on any atom is -0.493 e. The van der Waals surface area contributed by atoms with Crippen LogP contribution in [0.5, 0.6) is 11.5 Å². The van der Waals surface area contributed by atoms with Crippen LogP contribution < -0.4 is 20.1 Å². The van der Waals surface area contributed by atoms with Gasteiger partial charge in [-0.25, -0.2) is 0 Å². The molecule has 6 nitrogen and oxygen atoms in total. The first kappa shape index (κ1) is 23.0. The third kappa shape index (κ3) is 6.57. The van der Waals surface area contributed by atoms with Crippen molar-refractivity contribution >= 4 is 36.4 Å². The summed E-state index contributed by atoms with van der Waals surface area (Å²) in [4.78, 5) is 16.5. The van der Waals surface area contributed by atoms with Crippen LogP contribution in [0.3, 0.4) is 0 Å². The number of piperidine rings is 1. The Labute approximate surface area is 171 Å². The highest BCUT2D eigenvalue weighted by Crippen LogP contribution is 2.31. The molecule has 27 heavy (non-hydrogen) atoms. The van der Waals surface area contributed by atoms with Gasteiger partial charge in [0.25, 0.3) is 0 Å². The molecule has 0 saturated carbocycles. The minimum atomic E-state index is 0. The van der Waals surface area contributed by atoms with Crippen LogP contribution in [-0.4, -0.2) is 31.1 Å². The lowest BCUT2D eigenvalue weighted by atomic mass is 9.99. The SMILES string of the molecule is COc1ccc(NC(=O)C2CCCNC2)cc1OCc1cccnc1.Cl.Cl. The average Bonchev–Trinajstić information content (AvgIpc) is 2.68. The maximum atomic E-state index is 12.4. The van der Waals surface area contributed by atoms with Crippen molar-refractivity contribution in [3.63, 3.8) is 0 Å². The normalized spacial score (nSPS) is 15.7. The van der Waals surface area contributed by atoms with E-state index in [1.54, 1.807) is 31.6 Å². The van der Waals surface area contributed by atoms with Crippen LogP contribution >= 0.6 is 24.8 Å². The Hall–Kier alpha value is -2.02. The molecule has 2 aromatic rings. The van der Waals surface area contributed by atoms with Crippen LogP contribution in [-0.2, 0) is 11.4 Å². The molecule has 148 valence electrons. The van der Waals surface area contributed by atoms with E-state index in [-0.39, 0.29) is 36.6 Å². The molecule has 1 fully saturated rings. The summed E-state index contributed by atoms with van der Waals surface area (Å²) in [5.41, 5.74) is 1.67. The molecule has 1 saturated heterocycles. The van der Waals surface area contributed by atoms with Crippen LogP contribution in [0.15, 0.2) is 42.7 Å². The Morgan fingerprint density at radius 2 is 2.15 bits per heavy atom. The smallest absolute Gasteiger partial charge is 0.228 e. The summed E-state index contributed by atoms with van der Waals surface area (Å²) in [7, 11) is 1.60. The van der Waals surface area contributed by atoms with Gasteiger partial charge in [0.2, 0.25) is 5.91 Å². The number of halogens is 2. The average molecular weight is 414 g/mol. The molecule has 1 aromatic heterocycles. The minimum absolute atomic E-state index is 0. The molecule has 3 rings (SSSR count). The van der Waals surface area contributed by atoms with Crippen LogP contribution in [0.1, 0.15) is 18.4 Å². The summed E-state index contributed by atoms with van der Waals surface area (Å²) < 4.78 is 11.2. The molecule has 1 unspecified atom stereocenters. The van der Waals surface area contributed by atoms with Gasteiger partial charge in [0.1, 0.15) is 6.61 Å². The molecule has 0 radical (unpaired) electrons. The van der Waals surface area contributed by atoms with E-state index in [0.717, 1.165) is 31.5 Å². The van der Waals surface area contributed by atoms with Gasteiger partial charge in [-0.1, -0.05) is 6.07 Å². The second kappa shape index (κ2) is 11.6. The van der Waals surface area contributed by atoms with Gasteiger partial charge in [0.05, 0.1) is 13.0 Å². The van der Waals surface area contributed by atoms with Crippen LogP contribution in [0.25, 0.3) is 0 Å². The summed E-state index contributed by atoms with van der Waals surface area (Å²) >= 11 is 0. The molecule has 8 heteroatoms. The Morgan fingerprint density at radius 1 is 1.30 bits per heavy atom. The number of ether oxygens (including phenoxy) is 2. The summed E-state index contributed by atoms with van der Waals surface area (Å²) in [5, 5.41) is 6.23. The lowest BCUT2D eigenvalue weighted by molar-refractivity contribution is -0.120. The van der Waals surface area contributed by atoms with Gasteiger partial charge in [-0.3, -0.25) is 9.78 Å². The number of hydrogen-bond donors (Lipinski definition) is 2. The molecule has 0 spiro atoms. The number of aromatic nitrogens is 1. The number of carbonyl (C=O) groups is 1. The Kier molecular flexibility index (Phi) is 9.93. The third-order valence-electron chi connectivity index (χ3n) is 4.22.